The number of anilines is 1. The van der Waals surface area contributed by atoms with E-state index in [0.29, 0.717) is 24.7 Å². The van der Waals surface area contributed by atoms with E-state index in [1.165, 1.54) is 0 Å². The molecule has 0 saturated carbocycles. The summed E-state index contributed by atoms with van der Waals surface area (Å²) in [6, 6.07) is 3.69. The average Bonchev–Trinajstić information content (AvgIpc) is 2.24. The number of nitriles is 1. The minimum Gasteiger partial charge on any atom is -0.340 e. The molecule has 0 aromatic carbocycles. The van der Waals surface area contributed by atoms with Crippen LogP contribution in [0.15, 0.2) is 6.07 Å². The van der Waals surface area contributed by atoms with Crippen molar-refractivity contribution in [3.05, 3.63) is 17.5 Å². The molecule has 15 heavy (non-hydrogen) atoms. The molecule has 5 heteroatoms. The first kappa shape index (κ1) is 11.4. The van der Waals surface area contributed by atoms with Crippen LogP contribution in [-0.2, 0) is 0 Å². The van der Waals surface area contributed by atoms with Crippen LogP contribution in [0.1, 0.15) is 18.3 Å². The van der Waals surface area contributed by atoms with Gasteiger partial charge in [-0.1, -0.05) is 0 Å². The molecular weight excluding hydrogens is 190 g/mol. The molecule has 1 rings (SSSR count). The van der Waals surface area contributed by atoms with Gasteiger partial charge in [0.15, 0.2) is 0 Å². The zero-order valence-corrected chi connectivity index (χ0v) is 9.06. The molecule has 1 aromatic rings. The van der Waals surface area contributed by atoms with Gasteiger partial charge in [0.05, 0.1) is 0 Å². The van der Waals surface area contributed by atoms with Crippen molar-refractivity contribution in [2.24, 2.45) is 5.73 Å². The number of hydrogen-bond donors (Lipinski definition) is 1. The summed E-state index contributed by atoms with van der Waals surface area (Å²) in [5.41, 5.74) is 6.68. The van der Waals surface area contributed by atoms with E-state index in [-0.39, 0.29) is 0 Å². The van der Waals surface area contributed by atoms with E-state index in [2.05, 4.69) is 9.97 Å². The van der Waals surface area contributed by atoms with Crippen molar-refractivity contribution in [3.63, 3.8) is 0 Å². The second-order valence-electron chi connectivity index (χ2n) is 3.17. The highest BCUT2D eigenvalue weighted by molar-refractivity contribution is 5.35. The fraction of sp³-hybridized carbons (Fsp3) is 0.500. The summed E-state index contributed by atoms with van der Waals surface area (Å²) in [5, 5.41) is 8.79. The highest BCUT2D eigenvalue weighted by Crippen LogP contribution is 2.08. The van der Waals surface area contributed by atoms with Gasteiger partial charge < -0.3 is 10.6 Å². The Bertz CT molecular complexity index is 369. The minimum atomic E-state index is 0.396. The molecule has 0 aliphatic rings. The third-order valence-electron chi connectivity index (χ3n) is 2.02. The fourth-order valence-electron chi connectivity index (χ4n) is 1.31. The van der Waals surface area contributed by atoms with Gasteiger partial charge in [-0.05, 0) is 19.9 Å². The van der Waals surface area contributed by atoms with Crippen molar-refractivity contribution in [1.29, 1.82) is 5.26 Å². The third kappa shape index (κ3) is 2.89. The van der Waals surface area contributed by atoms with Gasteiger partial charge in [0, 0.05) is 25.3 Å². The molecule has 0 bridgehead atoms. The molecular formula is C10H15N5. The summed E-state index contributed by atoms with van der Waals surface area (Å²) in [5.74, 6) is 0.583. The molecule has 1 aromatic heterocycles. The van der Waals surface area contributed by atoms with E-state index in [1.54, 1.807) is 6.07 Å². The molecule has 0 unspecified atom stereocenters. The molecule has 5 nitrogen and oxygen atoms in total. The van der Waals surface area contributed by atoms with E-state index in [0.717, 1.165) is 12.2 Å². The SMILES string of the molecule is CCN(CCN)c1nc(C)cc(C#N)n1. The first-order valence-corrected chi connectivity index (χ1v) is 4.92. The number of likely N-dealkylation sites (N-methyl/N-ethyl adjacent to an activating group) is 1. The highest BCUT2D eigenvalue weighted by atomic mass is 15.2. The lowest BCUT2D eigenvalue weighted by molar-refractivity contribution is 0.778. The van der Waals surface area contributed by atoms with Crippen LogP contribution in [0, 0.1) is 18.3 Å². The molecule has 0 radical (unpaired) electrons. The van der Waals surface area contributed by atoms with Crippen LogP contribution >= 0.6 is 0 Å². The second-order valence-corrected chi connectivity index (χ2v) is 3.17. The average molecular weight is 205 g/mol. The topological polar surface area (TPSA) is 78.8 Å². The maximum Gasteiger partial charge on any atom is 0.226 e. The van der Waals surface area contributed by atoms with Gasteiger partial charge in [-0.25, -0.2) is 9.97 Å². The van der Waals surface area contributed by atoms with Crippen molar-refractivity contribution in [1.82, 2.24) is 9.97 Å². The Kier molecular flexibility index (Phi) is 4.01. The Morgan fingerprint density at radius 1 is 1.53 bits per heavy atom. The van der Waals surface area contributed by atoms with Crippen LogP contribution in [0.2, 0.25) is 0 Å². The lowest BCUT2D eigenvalue weighted by Crippen LogP contribution is -2.30. The van der Waals surface area contributed by atoms with Gasteiger partial charge in [0.2, 0.25) is 5.95 Å². The first-order chi connectivity index (χ1) is 7.21. The molecule has 0 spiro atoms. The van der Waals surface area contributed by atoms with Gasteiger partial charge in [-0.15, -0.1) is 0 Å². The molecule has 0 aliphatic carbocycles. The largest absolute Gasteiger partial charge is 0.340 e. The summed E-state index contributed by atoms with van der Waals surface area (Å²) in [6.45, 7) is 5.89. The minimum absolute atomic E-state index is 0.396. The zero-order chi connectivity index (χ0) is 11.3. The summed E-state index contributed by atoms with van der Waals surface area (Å²) in [6.07, 6.45) is 0. The molecule has 1 heterocycles. The predicted molar refractivity (Wildman–Crippen MR) is 58.4 cm³/mol. The zero-order valence-electron chi connectivity index (χ0n) is 9.06. The summed E-state index contributed by atoms with van der Waals surface area (Å²) < 4.78 is 0. The Labute approximate surface area is 89.6 Å². The van der Waals surface area contributed by atoms with Crippen molar-refractivity contribution < 1.29 is 0 Å². The van der Waals surface area contributed by atoms with E-state index >= 15 is 0 Å². The lowest BCUT2D eigenvalue weighted by Gasteiger charge is -2.19. The number of hydrogen-bond acceptors (Lipinski definition) is 5. The number of aryl methyl sites for hydroxylation is 1. The van der Waals surface area contributed by atoms with Crippen LogP contribution in [0.3, 0.4) is 0 Å². The van der Waals surface area contributed by atoms with Crippen LogP contribution in [0.25, 0.3) is 0 Å². The predicted octanol–water partition coefficient (Wildman–Crippen LogP) is 0.442. The molecule has 2 N–H and O–H groups in total. The van der Waals surface area contributed by atoms with E-state index in [1.807, 2.05) is 24.8 Å². The lowest BCUT2D eigenvalue weighted by atomic mass is 10.3. The van der Waals surface area contributed by atoms with Gasteiger partial charge in [0.25, 0.3) is 0 Å². The molecule has 0 saturated heterocycles. The molecule has 0 atom stereocenters. The van der Waals surface area contributed by atoms with Crippen molar-refractivity contribution in [2.75, 3.05) is 24.5 Å². The van der Waals surface area contributed by atoms with Gasteiger partial charge in [0.1, 0.15) is 11.8 Å². The standard InChI is InChI=1S/C10H15N5/c1-3-15(5-4-11)10-13-8(2)6-9(7-12)14-10/h6H,3-5,11H2,1-2H3. The van der Waals surface area contributed by atoms with Gasteiger partial charge in [-0.3, -0.25) is 0 Å². The monoisotopic (exact) mass is 205 g/mol. The smallest absolute Gasteiger partial charge is 0.226 e. The van der Waals surface area contributed by atoms with E-state index in [9.17, 15) is 0 Å². The summed E-state index contributed by atoms with van der Waals surface area (Å²) >= 11 is 0. The van der Waals surface area contributed by atoms with Crippen LogP contribution < -0.4 is 10.6 Å². The number of nitrogens with zero attached hydrogens (tertiary/aromatic N) is 4. The second kappa shape index (κ2) is 5.27. The quantitative estimate of drug-likeness (QED) is 0.771. The molecule has 0 amide bonds. The van der Waals surface area contributed by atoms with E-state index < -0.39 is 0 Å². The molecule has 0 aliphatic heterocycles. The Hall–Kier alpha value is -1.67. The number of rotatable bonds is 4. The number of aromatic nitrogens is 2. The fourth-order valence-corrected chi connectivity index (χ4v) is 1.31. The van der Waals surface area contributed by atoms with Gasteiger partial charge in [-0.2, -0.15) is 5.26 Å². The Morgan fingerprint density at radius 2 is 2.27 bits per heavy atom. The maximum atomic E-state index is 8.79. The van der Waals surface area contributed by atoms with Crippen molar-refractivity contribution in [2.45, 2.75) is 13.8 Å². The van der Waals surface area contributed by atoms with Gasteiger partial charge >= 0.3 is 0 Å². The van der Waals surface area contributed by atoms with E-state index in [4.69, 9.17) is 11.0 Å². The van der Waals surface area contributed by atoms with Crippen LogP contribution in [0.4, 0.5) is 5.95 Å². The van der Waals surface area contributed by atoms with Crippen molar-refractivity contribution >= 4 is 5.95 Å². The summed E-state index contributed by atoms with van der Waals surface area (Å²) in [7, 11) is 0. The highest BCUT2D eigenvalue weighted by Gasteiger charge is 2.08. The maximum absolute atomic E-state index is 8.79. The Morgan fingerprint density at radius 3 is 2.80 bits per heavy atom. The molecule has 0 fully saturated rings. The third-order valence-corrected chi connectivity index (χ3v) is 2.02. The Balaban J connectivity index is 3.02. The molecule has 80 valence electrons. The first-order valence-electron chi connectivity index (χ1n) is 4.92. The van der Waals surface area contributed by atoms with Crippen molar-refractivity contribution in [3.8, 4) is 6.07 Å². The van der Waals surface area contributed by atoms with Crippen LogP contribution in [-0.4, -0.2) is 29.6 Å². The number of nitrogens with two attached hydrogens (primary N) is 1. The summed E-state index contributed by atoms with van der Waals surface area (Å²) in [4.78, 5) is 10.4. The normalized spacial score (nSPS) is 9.73. The van der Waals surface area contributed by atoms with Crippen LogP contribution in [0.5, 0.6) is 0 Å².